The van der Waals surface area contributed by atoms with E-state index in [1.54, 1.807) is 0 Å². The Morgan fingerprint density at radius 3 is 1.58 bits per heavy atom. The molecule has 0 saturated carbocycles. The highest BCUT2D eigenvalue weighted by molar-refractivity contribution is 7.32. The van der Waals surface area contributed by atoms with Crippen molar-refractivity contribution in [2.24, 2.45) is 0 Å². The Bertz CT molecular complexity index is 570. The van der Waals surface area contributed by atoms with E-state index in [1.807, 2.05) is 67.5 Å². The van der Waals surface area contributed by atoms with Gasteiger partial charge in [0.2, 0.25) is 0 Å². The van der Waals surface area contributed by atoms with Crippen LogP contribution in [0.1, 0.15) is 84.9 Å². The second kappa shape index (κ2) is 7.11. The lowest BCUT2D eigenvalue weighted by molar-refractivity contribution is 0.0533. The van der Waals surface area contributed by atoms with Crippen molar-refractivity contribution in [1.29, 1.82) is 0 Å². The number of benzene rings is 1. The highest BCUT2D eigenvalue weighted by atomic mass is 31.1. The van der Waals surface area contributed by atoms with Gasteiger partial charge in [-0.2, -0.15) is 0 Å². The van der Waals surface area contributed by atoms with Crippen molar-refractivity contribution >= 4 is 8.25 Å². The summed E-state index contributed by atoms with van der Waals surface area (Å²) in [5.74, 6) is 0.299. The summed E-state index contributed by atoms with van der Waals surface area (Å²) in [6.07, 6.45) is 1.14. The van der Waals surface area contributed by atoms with Gasteiger partial charge in [-0.25, -0.2) is 0 Å². The molecule has 136 valence electrons. The molecule has 1 rings (SSSR count). The first-order valence-corrected chi connectivity index (χ1v) is 9.65. The SMILES string of the molecule is CCC(CC)(O[P+](=O)O)c1cc(C(C)(C)C)c(O)c(C(C)(C)C)c1. The van der Waals surface area contributed by atoms with Crippen LogP contribution in [0.2, 0.25) is 0 Å². The Kier molecular flexibility index (Phi) is 6.25. The highest BCUT2D eigenvalue weighted by Gasteiger charge is 2.41. The summed E-state index contributed by atoms with van der Waals surface area (Å²) >= 11 is 0. The van der Waals surface area contributed by atoms with Crippen molar-refractivity contribution in [1.82, 2.24) is 0 Å². The summed E-state index contributed by atoms with van der Waals surface area (Å²) in [7, 11) is -2.72. The van der Waals surface area contributed by atoms with E-state index < -0.39 is 13.9 Å². The maximum Gasteiger partial charge on any atom is 0.695 e. The van der Waals surface area contributed by atoms with Crippen molar-refractivity contribution in [2.75, 3.05) is 0 Å². The molecule has 5 heteroatoms. The summed E-state index contributed by atoms with van der Waals surface area (Å²) < 4.78 is 16.9. The van der Waals surface area contributed by atoms with Crippen LogP contribution in [0.4, 0.5) is 0 Å². The zero-order valence-electron chi connectivity index (χ0n) is 16.2. The van der Waals surface area contributed by atoms with Crippen LogP contribution in [0.5, 0.6) is 5.75 Å². The minimum absolute atomic E-state index is 0.255. The van der Waals surface area contributed by atoms with E-state index in [4.69, 9.17) is 4.52 Å². The Labute approximate surface area is 147 Å². The fourth-order valence-electron chi connectivity index (χ4n) is 3.03. The van der Waals surface area contributed by atoms with Gasteiger partial charge in [-0.05, 0) is 52.5 Å². The predicted octanol–water partition coefficient (Wildman–Crippen LogP) is 5.67. The van der Waals surface area contributed by atoms with Crippen molar-refractivity contribution in [2.45, 2.75) is 84.7 Å². The lowest BCUT2D eigenvalue weighted by atomic mass is 9.75. The normalized spacial score (nSPS) is 14.0. The summed E-state index contributed by atoms with van der Waals surface area (Å²) in [5.41, 5.74) is 1.15. The van der Waals surface area contributed by atoms with Gasteiger partial charge < -0.3 is 5.11 Å². The zero-order valence-corrected chi connectivity index (χ0v) is 17.1. The van der Waals surface area contributed by atoms with E-state index in [0.717, 1.165) is 16.7 Å². The van der Waals surface area contributed by atoms with Gasteiger partial charge in [0, 0.05) is 4.57 Å². The molecule has 0 bridgehead atoms. The van der Waals surface area contributed by atoms with Gasteiger partial charge in [0.1, 0.15) is 5.75 Å². The zero-order chi connectivity index (χ0) is 18.9. The Balaban J connectivity index is 3.78. The molecule has 0 spiro atoms. The van der Waals surface area contributed by atoms with Crippen LogP contribution in [-0.2, 0) is 25.5 Å². The van der Waals surface area contributed by atoms with Gasteiger partial charge in [-0.3, -0.25) is 0 Å². The lowest BCUT2D eigenvalue weighted by Gasteiger charge is -2.32. The van der Waals surface area contributed by atoms with E-state index in [0.29, 0.717) is 18.6 Å². The number of hydrogen-bond acceptors (Lipinski definition) is 3. The number of rotatable bonds is 5. The van der Waals surface area contributed by atoms with E-state index in [9.17, 15) is 14.6 Å². The van der Waals surface area contributed by atoms with Gasteiger partial charge in [-0.1, -0.05) is 55.4 Å². The van der Waals surface area contributed by atoms with Crippen LogP contribution >= 0.6 is 8.25 Å². The fourth-order valence-corrected chi connectivity index (χ4v) is 3.69. The van der Waals surface area contributed by atoms with Crippen molar-refractivity contribution < 1.29 is 19.1 Å². The van der Waals surface area contributed by atoms with Crippen molar-refractivity contribution in [3.8, 4) is 5.75 Å². The van der Waals surface area contributed by atoms with Crippen LogP contribution in [-0.4, -0.2) is 10.00 Å². The summed E-state index contributed by atoms with van der Waals surface area (Å²) in [5, 5.41) is 10.8. The van der Waals surface area contributed by atoms with Gasteiger partial charge in [-0.15, -0.1) is 9.42 Å². The molecular formula is C19H32O4P+. The van der Waals surface area contributed by atoms with E-state index in [-0.39, 0.29) is 10.8 Å². The third kappa shape index (κ3) is 4.36. The fraction of sp³-hybridized carbons (Fsp3) is 0.684. The smallest absolute Gasteiger partial charge is 0.507 e. The van der Waals surface area contributed by atoms with Crippen LogP contribution in [0.15, 0.2) is 12.1 Å². The van der Waals surface area contributed by atoms with Crippen LogP contribution in [0.3, 0.4) is 0 Å². The molecule has 0 radical (unpaired) electrons. The largest absolute Gasteiger partial charge is 0.695 e. The molecule has 0 saturated heterocycles. The average Bonchev–Trinajstić information content (AvgIpc) is 2.42. The maximum absolute atomic E-state index is 11.4. The van der Waals surface area contributed by atoms with Gasteiger partial charge in [0.15, 0.2) is 5.60 Å². The molecule has 0 aliphatic heterocycles. The molecule has 1 unspecified atom stereocenters. The third-order valence-electron chi connectivity index (χ3n) is 4.65. The van der Waals surface area contributed by atoms with E-state index in [1.165, 1.54) is 0 Å². The van der Waals surface area contributed by atoms with Crippen LogP contribution in [0, 0.1) is 0 Å². The Morgan fingerprint density at radius 2 is 1.33 bits per heavy atom. The molecular weight excluding hydrogens is 323 g/mol. The molecule has 0 aromatic heterocycles. The van der Waals surface area contributed by atoms with Gasteiger partial charge in [0.05, 0.1) is 0 Å². The number of phenols is 1. The monoisotopic (exact) mass is 355 g/mol. The van der Waals surface area contributed by atoms with Crippen LogP contribution < -0.4 is 0 Å². The molecule has 1 aromatic rings. The summed E-state index contributed by atoms with van der Waals surface area (Å²) in [4.78, 5) is 9.36. The first-order chi connectivity index (χ1) is 10.8. The van der Waals surface area contributed by atoms with Gasteiger partial charge >= 0.3 is 8.25 Å². The van der Waals surface area contributed by atoms with E-state index in [2.05, 4.69) is 0 Å². The topological polar surface area (TPSA) is 66.8 Å². The van der Waals surface area contributed by atoms with E-state index >= 15 is 0 Å². The molecule has 0 aliphatic rings. The molecule has 0 amide bonds. The summed E-state index contributed by atoms with van der Waals surface area (Å²) in [6, 6.07) is 3.85. The molecule has 1 atom stereocenters. The second-order valence-electron chi connectivity index (χ2n) is 8.45. The molecule has 24 heavy (non-hydrogen) atoms. The van der Waals surface area contributed by atoms with Gasteiger partial charge in [0.25, 0.3) is 0 Å². The first-order valence-electron chi connectivity index (χ1n) is 8.52. The molecule has 0 fully saturated rings. The number of phenolic OH excluding ortho intramolecular Hbond substituents is 1. The third-order valence-corrected chi connectivity index (χ3v) is 5.15. The first kappa shape index (κ1) is 21.1. The minimum atomic E-state index is -2.72. The molecule has 1 aromatic carbocycles. The summed E-state index contributed by atoms with van der Waals surface area (Å²) in [6.45, 7) is 16.2. The van der Waals surface area contributed by atoms with Crippen molar-refractivity contribution in [3.63, 3.8) is 0 Å². The maximum atomic E-state index is 11.4. The Hall–Kier alpha value is -0.960. The standard InChI is InChI=1S/C19H31O4P/c1-9-19(10-2,23-24(21)22)13-11-14(17(3,4)5)16(20)15(12-13)18(6,7)8/h11-12H,9-10H2,1-8H3,(H-,20,21,22)/p+1. The quantitative estimate of drug-likeness (QED) is 0.668. The predicted molar refractivity (Wildman–Crippen MR) is 98.7 cm³/mol. The average molecular weight is 355 g/mol. The van der Waals surface area contributed by atoms with Crippen LogP contribution in [0.25, 0.3) is 0 Å². The number of hydrogen-bond donors (Lipinski definition) is 2. The molecule has 4 nitrogen and oxygen atoms in total. The lowest BCUT2D eigenvalue weighted by Crippen LogP contribution is -2.28. The second-order valence-corrected chi connectivity index (χ2v) is 9.11. The van der Waals surface area contributed by atoms with Crippen molar-refractivity contribution in [3.05, 3.63) is 28.8 Å². The molecule has 0 aliphatic carbocycles. The highest BCUT2D eigenvalue weighted by Crippen LogP contribution is 2.46. The number of aromatic hydroxyl groups is 1. The molecule has 2 N–H and O–H groups in total. The minimum Gasteiger partial charge on any atom is -0.507 e. The Morgan fingerprint density at radius 1 is 0.958 bits per heavy atom. The molecule has 0 heterocycles.